The molecule has 4 nitrogen and oxygen atoms in total. The highest BCUT2D eigenvalue weighted by Crippen LogP contribution is 2.33. The Morgan fingerprint density at radius 2 is 2.00 bits per heavy atom. The summed E-state index contributed by atoms with van der Waals surface area (Å²) >= 11 is 0. The van der Waals surface area contributed by atoms with Crippen LogP contribution in [0.1, 0.15) is 12.8 Å². The van der Waals surface area contributed by atoms with Crippen LogP contribution < -0.4 is 4.90 Å². The first kappa shape index (κ1) is 11.6. The van der Waals surface area contributed by atoms with Gasteiger partial charge in [0.2, 0.25) is 5.95 Å². The van der Waals surface area contributed by atoms with Crippen molar-refractivity contribution in [1.82, 2.24) is 14.9 Å². The summed E-state index contributed by atoms with van der Waals surface area (Å²) in [5, 5.41) is 0. The molecule has 0 aromatic carbocycles. The fraction of sp³-hybridized carbons (Fsp3) is 0.538. The molecule has 96 valence electrons. The lowest BCUT2D eigenvalue weighted by Crippen LogP contribution is -2.37. The number of hydrogen-bond donors (Lipinski definition) is 0. The van der Waals surface area contributed by atoms with Crippen molar-refractivity contribution in [3.8, 4) is 0 Å². The van der Waals surface area contributed by atoms with Crippen LogP contribution in [0.2, 0.25) is 0 Å². The normalized spacial score (nSPS) is 27.5. The molecule has 1 aromatic heterocycles. The lowest BCUT2D eigenvalue weighted by Gasteiger charge is -2.24. The molecule has 2 aliphatic rings. The van der Waals surface area contributed by atoms with Gasteiger partial charge in [-0.3, -0.25) is 4.90 Å². The van der Waals surface area contributed by atoms with E-state index in [1.165, 1.54) is 12.4 Å². The zero-order chi connectivity index (χ0) is 12.5. The smallest absolute Gasteiger partial charge is 0.225 e. The third-order valence-corrected chi connectivity index (χ3v) is 3.92. The van der Waals surface area contributed by atoms with Gasteiger partial charge in [-0.2, -0.15) is 0 Å². The molecular weight excluding hydrogens is 231 g/mol. The molecule has 2 saturated heterocycles. The van der Waals surface area contributed by atoms with Crippen LogP contribution in [-0.2, 0) is 0 Å². The fourth-order valence-corrected chi connectivity index (χ4v) is 3.17. The van der Waals surface area contributed by atoms with Crippen molar-refractivity contribution >= 4 is 5.95 Å². The highest BCUT2D eigenvalue weighted by atomic mass is 19.1. The minimum atomic E-state index is -0.380. The Bertz CT molecular complexity index is 433. The quantitative estimate of drug-likeness (QED) is 0.758. The van der Waals surface area contributed by atoms with E-state index in [1.54, 1.807) is 0 Å². The van der Waals surface area contributed by atoms with Gasteiger partial charge >= 0.3 is 0 Å². The Morgan fingerprint density at radius 3 is 2.72 bits per heavy atom. The summed E-state index contributed by atoms with van der Waals surface area (Å²) in [6.45, 7) is 6.80. The van der Waals surface area contributed by atoms with Gasteiger partial charge in [0.25, 0.3) is 0 Å². The standard InChI is InChI=1S/C13H17FN4/c1-2-5-17-6-3-12-11(17)4-7-18(12)13-15-8-10(14)9-16-13/h2,8-9,11-12H,1,3-7H2/t11-,12+/m1/s1. The largest absolute Gasteiger partial charge is 0.336 e. The van der Waals surface area contributed by atoms with E-state index in [0.29, 0.717) is 18.0 Å². The Balaban J connectivity index is 1.77. The van der Waals surface area contributed by atoms with E-state index in [1.807, 2.05) is 6.08 Å². The fourth-order valence-electron chi connectivity index (χ4n) is 3.17. The average Bonchev–Trinajstić information content (AvgIpc) is 2.94. The Morgan fingerprint density at radius 1 is 1.28 bits per heavy atom. The van der Waals surface area contributed by atoms with Crippen LogP contribution >= 0.6 is 0 Å². The van der Waals surface area contributed by atoms with E-state index < -0.39 is 0 Å². The number of anilines is 1. The number of likely N-dealkylation sites (tertiary alicyclic amines) is 1. The van der Waals surface area contributed by atoms with Crippen LogP contribution in [0.3, 0.4) is 0 Å². The van der Waals surface area contributed by atoms with Crippen LogP contribution in [0.5, 0.6) is 0 Å². The van der Waals surface area contributed by atoms with Gasteiger partial charge in [-0.25, -0.2) is 14.4 Å². The van der Waals surface area contributed by atoms with Crippen LogP contribution in [0.25, 0.3) is 0 Å². The summed E-state index contributed by atoms with van der Waals surface area (Å²) in [6.07, 6.45) is 6.69. The average molecular weight is 248 g/mol. The van der Waals surface area contributed by atoms with Crippen LogP contribution in [0, 0.1) is 5.82 Å². The van der Waals surface area contributed by atoms with Crippen molar-refractivity contribution in [3.63, 3.8) is 0 Å². The number of hydrogen-bond acceptors (Lipinski definition) is 4. The van der Waals surface area contributed by atoms with E-state index in [-0.39, 0.29) is 5.82 Å². The molecule has 0 saturated carbocycles. The second-order valence-corrected chi connectivity index (χ2v) is 4.89. The molecule has 0 radical (unpaired) electrons. The van der Waals surface area contributed by atoms with Gasteiger partial charge in [0.05, 0.1) is 12.4 Å². The molecule has 3 rings (SSSR count). The molecule has 2 fully saturated rings. The highest BCUT2D eigenvalue weighted by molar-refractivity contribution is 5.35. The SMILES string of the molecule is C=CCN1CC[C@H]2[C@H]1CCN2c1ncc(F)cn1. The molecule has 2 atom stereocenters. The van der Waals surface area contributed by atoms with Crippen molar-refractivity contribution in [1.29, 1.82) is 0 Å². The first-order valence-electron chi connectivity index (χ1n) is 6.38. The summed E-state index contributed by atoms with van der Waals surface area (Å²) in [5.74, 6) is 0.276. The number of rotatable bonds is 3. The molecule has 0 unspecified atom stereocenters. The molecular formula is C13H17FN4. The molecule has 18 heavy (non-hydrogen) atoms. The van der Waals surface area contributed by atoms with Gasteiger partial charge in [-0.15, -0.1) is 6.58 Å². The van der Waals surface area contributed by atoms with Crippen LogP contribution in [0.15, 0.2) is 25.0 Å². The molecule has 2 aliphatic heterocycles. The van der Waals surface area contributed by atoms with Crippen LogP contribution in [-0.4, -0.2) is 46.6 Å². The lowest BCUT2D eigenvalue weighted by molar-refractivity contribution is 0.281. The molecule has 1 aromatic rings. The van der Waals surface area contributed by atoms with Crippen molar-refractivity contribution < 1.29 is 4.39 Å². The van der Waals surface area contributed by atoms with Crippen LogP contribution in [0.4, 0.5) is 10.3 Å². The third kappa shape index (κ3) is 1.88. The van der Waals surface area contributed by atoms with Crippen molar-refractivity contribution in [2.45, 2.75) is 24.9 Å². The molecule has 3 heterocycles. The first-order valence-corrected chi connectivity index (χ1v) is 6.38. The predicted octanol–water partition coefficient (Wildman–Crippen LogP) is 1.45. The van der Waals surface area contributed by atoms with E-state index in [9.17, 15) is 4.39 Å². The zero-order valence-corrected chi connectivity index (χ0v) is 10.3. The summed E-state index contributed by atoms with van der Waals surface area (Å²) in [7, 11) is 0. The first-order chi connectivity index (χ1) is 8.79. The van der Waals surface area contributed by atoms with Gasteiger partial charge in [-0.05, 0) is 12.8 Å². The highest BCUT2D eigenvalue weighted by Gasteiger charge is 2.42. The number of aromatic nitrogens is 2. The van der Waals surface area contributed by atoms with Gasteiger partial charge in [-0.1, -0.05) is 6.08 Å². The van der Waals surface area contributed by atoms with Gasteiger partial charge < -0.3 is 4.90 Å². The monoisotopic (exact) mass is 248 g/mol. The maximum absolute atomic E-state index is 12.8. The van der Waals surface area contributed by atoms with E-state index in [0.717, 1.165) is 32.5 Å². The molecule has 5 heteroatoms. The zero-order valence-electron chi connectivity index (χ0n) is 10.3. The topological polar surface area (TPSA) is 32.3 Å². The number of halogens is 1. The second kappa shape index (κ2) is 4.65. The summed E-state index contributed by atoms with van der Waals surface area (Å²) in [5.41, 5.74) is 0. The Labute approximate surface area is 106 Å². The lowest BCUT2D eigenvalue weighted by atomic mass is 10.1. The van der Waals surface area contributed by atoms with E-state index in [4.69, 9.17) is 0 Å². The maximum Gasteiger partial charge on any atom is 0.225 e. The second-order valence-electron chi connectivity index (χ2n) is 4.89. The minimum Gasteiger partial charge on any atom is -0.336 e. The van der Waals surface area contributed by atoms with E-state index >= 15 is 0 Å². The Hall–Kier alpha value is -1.49. The van der Waals surface area contributed by atoms with Crippen molar-refractivity contribution in [2.24, 2.45) is 0 Å². The van der Waals surface area contributed by atoms with Crippen molar-refractivity contribution in [2.75, 3.05) is 24.5 Å². The van der Waals surface area contributed by atoms with Gasteiger partial charge in [0.1, 0.15) is 0 Å². The minimum absolute atomic E-state index is 0.380. The summed E-state index contributed by atoms with van der Waals surface area (Å²) in [4.78, 5) is 12.9. The van der Waals surface area contributed by atoms with Gasteiger partial charge in [0, 0.05) is 31.7 Å². The Kier molecular flexibility index (Phi) is 2.99. The predicted molar refractivity (Wildman–Crippen MR) is 67.9 cm³/mol. The summed E-state index contributed by atoms with van der Waals surface area (Å²) in [6, 6.07) is 1.03. The molecule has 0 N–H and O–H groups in total. The molecule has 0 amide bonds. The van der Waals surface area contributed by atoms with Gasteiger partial charge in [0.15, 0.2) is 5.82 Å². The van der Waals surface area contributed by atoms with Crippen molar-refractivity contribution in [3.05, 3.63) is 30.9 Å². The molecule has 0 spiro atoms. The number of nitrogens with zero attached hydrogens (tertiary/aromatic N) is 4. The third-order valence-electron chi connectivity index (χ3n) is 3.92. The van der Waals surface area contributed by atoms with E-state index in [2.05, 4.69) is 26.3 Å². The maximum atomic E-state index is 12.8. The summed E-state index contributed by atoms with van der Waals surface area (Å²) < 4.78 is 12.8. The molecule has 0 aliphatic carbocycles. The molecule has 0 bridgehead atoms. The number of fused-ring (bicyclic) bond motifs is 1.